The molecule has 0 spiro atoms. The van der Waals surface area contributed by atoms with E-state index in [9.17, 15) is 4.79 Å². The number of nitrogens with zero attached hydrogens (tertiary/aromatic N) is 1. The summed E-state index contributed by atoms with van der Waals surface area (Å²) in [6.07, 6.45) is 2.68. The average Bonchev–Trinajstić information content (AvgIpc) is 3.26. The van der Waals surface area contributed by atoms with Crippen LogP contribution in [0.5, 0.6) is 5.75 Å². The van der Waals surface area contributed by atoms with E-state index in [4.69, 9.17) is 13.9 Å². The number of aryl methyl sites for hydroxylation is 2. The fraction of sp³-hybridized carbons (Fsp3) is 0.286. The first-order valence-electron chi connectivity index (χ1n) is 11.3. The Kier molecular flexibility index (Phi) is 7.08. The van der Waals surface area contributed by atoms with Crippen molar-refractivity contribution in [1.82, 2.24) is 4.98 Å². The summed E-state index contributed by atoms with van der Waals surface area (Å²) < 4.78 is 16.7. The van der Waals surface area contributed by atoms with Gasteiger partial charge in [0.05, 0.1) is 12.7 Å². The second kappa shape index (κ2) is 10.3. The lowest BCUT2D eigenvalue weighted by atomic mass is 9.91. The summed E-state index contributed by atoms with van der Waals surface area (Å²) >= 11 is 0. The number of fused-ring (bicyclic) bond motifs is 1. The SMILES string of the molecule is CCC(CCc1nc2ccc(C(=O)OC)cc2o1)c1ccc(OCc2ccccc2)c(C)c1. The summed E-state index contributed by atoms with van der Waals surface area (Å²) in [5, 5.41) is 0. The van der Waals surface area contributed by atoms with E-state index in [2.05, 4.69) is 49.2 Å². The average molecular weight is 444 g/mol. The van der Waals surface area contributed by atoms with Crippen molar-refractivity contribution < 1.29 is 18.7 Å². The number of ether oxygens (including phenoxy) is 2. The van der Waals surface area contributed by atoms with Crippen molar-refractivity contribution in [2.45, 2.75) is 45.6 Å². The van der Waals surface area contributed by atoms with E-state index in [-0.39, 0.29) is 5.97 Å². The normalized spacial score (nSPS) is 12.0. The Balaban J connectivity index is 1.41. The lowest BCUT2D eigenvalue weighted by Crippen LogP contribution is -2.02. The zero-order chi connectivity index (χ0) is 23.2. The summed E-state index contributed by atoms with van der Waals surface area (Å²) in [6.45, 7) is 4.86. The molecule has 4 aromatic rings. The number of methoxy groups -OCH3 is 1. The molecule has 4 rings (SSSR count). The van der Waals surface area contributed by atoms with E-state index in [1.54, 1.807) is 18.2 Å². The van der Waals surface area contributed by atoms with Gasteiger partial charge in [0.2, 0.25) is 0 Å². The van der Waals surface area contributed by atoms with Crippen LogP contribution in [-0.2, 0) is 17.8 Å². The molecular weight excluding hydrogens is 414 g/mol. The van der Waals surface area contributed by atoms with Gasteiger partial charge in [0, 0.05) is 6.42 Å². The van der Waals surface area contributed by atoms with Gasteiger partial charge < -0.3 is 13.9 Å². The largest absolute Gasteiger partial charge is 0.489 e. The number of aromatic nitrogens is 1. The molecule has 0 bridgehead atoms. The Morgan fingerprint density at radius 3 is 2.61 bits per heavy atom. The van der Waals surface area contributed by atoms with Gasteiger partial charge in [0.15, 0.2) is 11.5 Å². The smallest absolute Gasteiger partial charge is 0.337 e. The number of rotatable bonds is 9. The van der Waals surface area contributed by atoms with E-state index in [1.807, 2.05) is 18.2 Å². The van der Waals surface area contributed by atoms with Crippen LogP contribution in [0.4, 0.5) is 0 Å². The zero-order valence-corrected chi connectivity index (χ0v) is 19.3. The molecule has 0 aliphatic rings. The van der Waals surface area contributed by atoms with E-state index >= 15 is 0 Å². The lowest BCUT2D eigenvalue weighted by molar-refractivity contribution is 0.0600. The minimum atomic E-state index is -0.382. The van der Waals surface area contributed by atoms with Gasteiger partial charge in [-0.1, -0.05) is 49.4 Å². The first kappa shape index (κ1) is 22.6. The number of hydrogen-bond donors (Lipinski definition) is 0. The highest BCUT2D eigenvalue weighted by Crippen LogP contribution is 2.30. The Morgan fingerprint density at radius 2 is 1.88 bits per heavy atom. The van der Waals surface area contributed by atoms with Crippen molar-refractivity contribution in [1.29, 1.82) is 0 Å². The van der Waals surface area contributed by atoms with Crippen molar-refractivity contribution in [2.24, 2.45) is 0 Å². The molecule has 0 radical (unpaired) electrons. The van der Waals surface area contributed by atoms with Gasteiger partial charge in [-0.3, -0.25) is 0 Å². The third kappa shape index (κ3) is 5.43. The van der Waals surface area contributed by atoms with Crippen LogP contribution < -0.4 is 4.74 Å². The quantitative estimate of drug-likeness (QED) is 0.272. The monoisotopic (exact) mass is 443 g/mol. The second-order valence-electron chi connectivity index (χ2n) is 8.22. The number of carbonyl (C=O) groups excluding carboxylic acids is 1. The Morgan fingerprint density at radius 1 is 1.06 bits per heavy atom. The molecule has 0 aliphatic carbocycles. The fourth-order valence-electron chi connectivity index (χ4n) is 4.05. The second-order valence-corrected chi connectivity index (χ2v) is 8.22. The topological polar surface area (TPSA) is 61.6 Å². The van der Waals surface area contributed by atoms with Crippen LogP contribution in [0, 0.1) is 6.92 Å². The highest BCUT2D eigenvalue weighted by molar-refractivity contribution is 5.93. The molecule has 3 aromatic carbocycles. The summed E-state index contributed by atoms with van der Waals surface area (Å²) in [7, 11) is 1.37. The van der Waals surface area contributed by atoms with Crippen LogP contribution in [0.2, 0.25) is 0 Å². The lowest BCUT2D eigenvalue weighted by Gasteiger charge is -2.17. The molecule has 0 aliphatic heterocycles. The van der Waals surface area contributed by atoms with Gasteiger partial charge in [-0.25, -0.2) is 9.78 Å². The maximum absolute atomic E-state index is 11.7. The summed E-state index contributed by atoms with van der Waals surface area (Å²) in [4.78, 5) is 16.3. The Labute approximate surface area is 194 Å². The van der Waals surface area contributed by atoms with E-state index in [1.165, 1.54) is 12.7 Å². The van der Waals surface area contributed by atoms with Gasteiger partial charge in [-0.2, -0.15) is 0 Å². The zero-order valence-electron chi connectivity index (χ0n) is 19.3. The van der Waals surface area contributed by atoms with Gasteiger partial charge in [0.25, 0.3) is 0 Å². The molecule has 1 atom stereocenters. The Hall–Kier alpha value is -3.60. The van der Waals surface area contributed by atoms with Crippen LogP contribution in [0.25, 0.3) is 11.1 Å². The molecule has 1 unspecified atom stereocenters. The van der Waals surface area contributed by atoms with E-state index in [0.29, 0.717) is 29.6 Å². The molecule has 1 heterocycles. The van der Waals surface area contributed by atoms with E-state index in [0.717, 1.165) is 41.7 Å². The first-order valence-corrected chi connectivity index (χ1v) is 11.3. The van der Waals surface area contributed by atoms with Crippen molar-refractivity contribution in [3.8, 4) is 5.75 Å². The summed E-state index contributed by atoms with van der Waals surface area (Å²) in [5.74, 6) is 1.61. The number of hydrogen-bond acceptors (Lipinski definition) is 5. The molecule has 170 valence electrons. The van der Waals surface area contributed by atoms with Crippen molar-refractivity contribution in [2.75, 3.05) is 7.11 Å². The number of oxazole rings is 1. The molecule has 1 aromatic heterocycles. The highest BCUT2D eigenvalue weighted by Gasteiger charge is 2.15. The number of benzene rings is 3. The van der Waals surface area contributed by atoms with Crippen molar-refractivity contribution in [3.05, 3.63) is 94.9 Å². The summed E-state index contributed by atoms with van der Waals surface area (Å²) in [5.41, 5.74) is 5.41. The van der Waals surface area contributed by atoms with Crippen LogP contribution in [0.3, 0.4) is 0 Å². The standard InChI is InChI=1S/C28H29NO4/c1-4-21(12-15-27-29-24-13-10-23(28(30)31-3)17-26(24)33-27)22-11-14-25(19(2)16-22)32-18-20-8-6-5-7-9-20/h5-11,13-14,16-17,21H,4,12,15,18H2,1-3H3. The van der Waals surface area contributed by atoms with Gasteiger partial charge in [-0.05, 0) is 66.6 Å². The van der Waals surface area contributed by atoms with Gasteiger partial charge in [0.1, 0.15) is 17.9 Å². The Bertz CT molecular complexity index is 1230. The molecule has 0 fully saturated rings. The number of carbonyl (C=O) groups is 1. The van der Waals surface area contributed by atoms with Gasteiger partial charge >= 0.3 is 5.97 Å². The molecule has 0 amide bonds. The maximum Gasteiger partial charge on any atom is 0.337 e. The fourth-order valence-corrected chi connectivity index (χ4v) is 4.05. The third-order valence-electron chi connectivity index (χ3n) is 5.96. The molecule has 0 N–H and O–H groups in total. The number of esters is 1. The van der Waals surface area contributed by atoms with Crippen molar-refractivity contribution in [3.63, 3.8) is 0 Å². The molecule has 33 heavy (non-hydrogen) atoms. The minimum Gasteiger partial charge on any atom is -0.489 e. The van der Waals surface area contributed by atoms with Crippen LogP contribution in [-0.4, -0.2) is 18.1 Å². The first-order chi connectivity index (χ1) is 16.1. The molecule has 5 nitrogen and oxygen atoms in total. The van der Waals surface area contributed by atoms with Crippen LogP contribution in [0.15, 0.2) is 71.1 Å². The van der Waals surface area contributed by atoms with Crippen LogP contribution >= 0.6 is 0 Å². The van der Waals surface area contributed by atoms with Gasteiger partial charge in [-0.15, -0.1) is 0 Å². The summed E-state index contributed by atoms with van der Waals surface area (Å²) in [6, 6.07) is 21.8. The molecule has 0 saturated heterocycles. The predicted octanol–water partition coefficient (Wildman–Crippen LogP) is 6.63. The third-order valence-corrected chi connectivity index (χ3v) is 5.96. The predicted molar refractivity (Wildman–Crippen MR) is 129 cm³/mol. The minimum absolute atomic E-state index is 0.382. The molecule has 0 saturated carbocycles. The van der Waals surface area contributed by atoms with Crippen molar-refractivity contribution >= 4 is 17.1 Å². The molecular formula is C28H29NO4. The van der Waals surface area contributed by atoms with Crippen LogP contribution in [0.1, 0.15) is 58.6 Å². The highest BCUT2D eigenvalue weighted by atomic mass is 16.5. The van der Waals surface area contributed by atoms with E-state index < -0.39 is 0 Å². The molecule has 5 heteroatoms. The maximum atomic E-state index is 11.7.